The van der Waals surface area contributed by atoms with Crippen LogP contribution in [0, 0.1) is 13.8 Å². The zero-order valence-electron chi connectivity index (χ0n) is 22.5. The molecule has 0 bridgehead atoms. The van der Waals surface area contributed by atoms with Gasteiger partial charge in [0.2, 0.25) is 10.0 Å². The number of aliphatic imine (C=N–C) groups is 1. The number of carbonyl (C=O) groups is 1. The molecule has 0 radical (unpaired) electrons. The number of anilines is 1. The van der Waals surface area contributed by atoms with Crippen LogP contribution in [0.4, 0.5) is 5.69 Å². The van der Waals surface area contributed by atoms with E-state index < -0.39 is 26.7 Å². The Balaban J connectivity index is 1.56. The van der Waals surface area contributed by atoms with E-state index in [4.69, 9.17) is 10.8 Å². The van der Waals surface area contributed by atoms with Crippen LogP contribution in [0.15, 0.2) is 22.5 Å². The van der Waals surface area contributed by atoms with Crippen LogP contribution < -0.4 is 16.2 Å². The number of nitrogens with two attached hydrogens (primary N) is 1. The molecule has 3 N–H and O–H groups in total. The first-order valence-electron chi connectivity index (χ1n) is 13.0. The molecule has 0 aliphatic carbocycles. The Morgan fingerprint density at radius 2 is 1.84 bits per heavy atom. The summed E-state index contributed by atoms with van der Waals surface area (Å²) in [6, 6.07) is 3.84. The number of benzene rings is 1. The van der Waals surface area contributed by atoms with E-state index in [1.807, 2.05) is 32.9 Å². The second kappa shape index (κ2) is 12.8. The van der Waals surface area contributed by atoms with Crippen molar-refractivity contribution in [1.29, 1.82) is 0 Å². The van der Waals surface area contributed by atoms with Gasteiger partial charge in [0.05, 0.1) is 5.69 Å². The maximum Gasteiger partial charge on any atom is 0.253 e. The Morgan fingerprint density at radius 1 is 1.19 bits per heavy atom. The summed E-state index contributed by atoms with van der Waals surface area (Å²) < 4.78 is 39.3. The van der Waals surface area contributed by atoms with Gasteiger partial charge in [0.25, 0.3) is 5.91 Å². The molecule has 1 spiro atoms. The van der Waals surface area contributed by atoms with Crippen molar-refractivity contribution in [2.45, 2.75) is 71.3 Å². The maximum absolute atomic E-state index is 13.1. The summed E-state index contributed by atoms with van der Waals surface area (Å²) in [6.45, 7) is 6.38. The maximum atomic E-state index is 13.1. The highest BCUT2D eigenvalue weighted by atomic mass is 32.2. The number of rotatable bonds is 12. The molecule has 1 fully saturated rings. The third-order valence-electron chi connectivity index (χ3n) is 7.05. The predicted molar refractivity (Wildman–Crippen MR) is 152 cm³/mol. The first-order valence-corrected chi connectivity index (χ1v) is 16.0. The minimum Gasteiger partial charge on any atom is -0.616 e. The molecule has 206 valence electrons. The van der Waals surface area contributed by atoms with Crippen molar-refractivity contribution in [3.05, 3.63) is 34.2 Å². The van der Waals surface area contributed by atoms with E-state index >= 15 is 0 Å². The molecule has 2 heterocycles. The Hall–Kier alpha value is -1.92. The molecule has 9 nitrogen and oxygen atoms in total. The molecule has 0 saturated carbocycles. The third kappa shape index (κ3) is 7.57. The fourth-order valence-corrected chi connectivity index (χ4v) is 7.23. The number of unbranched alkanes of at least 4 members (excludes halogenated alkanes) is 2. The molecule has 11 heteroatoms. The van der Waals surface area contributed by atoms with Crippen LogP contribution in [0.2, 0.25) is 0 Å². The number of sulfonamides is 1. The summed E-state index contributed by atoms with van der Waals surface area (Å²) in [4.78, 5) is 17.5. The topological polar surface area (TPSA) is 131 Å². The van der Waals surface area contributed by atoms with Gasteiger partial charge in [-0.25, -0.2) is 14.3 Å². The normalized spacial score (nSPS) is 18.9. The van der Waals surface area contributed by atoms with E-state index in [0.717, 1.165) is 59.6 Å². The number of piperidine rings is 1. The van der Waals surface area contributed by atoms with Crippen molar-refractivity contribution >= 4 is 44.7 Å². The summed E-state index contributed by atoms with van der Waals surface area (Å²) in [7, 11) is -1.88. The first kappa shape index (κ1) is 29.6. The summed E-state index contributed by atoms with van der Waals surface area (Å²) in [6.07, 6.45) is 6.71. The lowest BCUT2D eigenvalue weighted by atomic mass is 9.89. The largest absolute Gasteiger partial charge is 0.616 e. The lowest BCUT2D eigenvalue weighted by Gasteiger charge is -2.34. The number of hydrazine groups is 1. The van der Waals surface area contributed by atoms with Crippen LogP contribution >= 0.6 is 0 Å². The molecule has 37 heavy (non-hydrogen) atoms. The third-order valence-corrected chi connectivity index (χ3v) is 10.2. The fraction of sp³-hybridized carbons (Fsp3) is 0.615. The lowest BCUT2D eigenvalue weighted by molar-refractivity contribution is -0.124. The molecule has 2 aliphatic rings. The van der Waals surface area contributed by atoms with Crippen LogP contribution in [-0.4, -0.2) is 66.2 Å². The van der Waals surface area contributed by atoms with E-state index in [9.17, 15) is 17.8 Å². The summed E-state index contributed by atoms with van der Waals surface area (Å²) in [5, 5.41) is 5.70. The molecule has 2 aliphatic heterocycles. The molecule has 1 atom stereocenters. The Labute approximate surface area is 224 Å². The number of amidine groups is 1. The highest BCUT2D eigenvalue weighted by Gasteiger charge is 2.46. The van der Waals surface area contributed by atoms with Crippen molar-refractivity contribution in [2.75, 3.05) is 36.7 Å². The molecule has 1 amide bonds. The Bertz CT molecular complexity index is 1100. The van der Waals surface area contributed by atoms with Gasteiger partial charge in [0, 0.05) is 32.0 Å². The molecular formula is C26H41N5O4S2. The van der Waals surface area contributed by atoms with E-state index in [2.05, 4.69) is 5.32 Å². The molecule has 1 unspecified atom stereocenters. The second-order valence-electron chi connectivity index (χ2n) is 10.1. The monoisotopic (exact) mass is 551 g/mol. The van der Waals surface area contributed by atoms with Gasteiger partial charge in [-0.1, -0.05) is 18.1 Å². The van der Waals surface area contributed by atoms with Gasteiger partial charge in [-0.2, -0.15) is 4.31 Å². The number of hydrogen-bond acceptors (Lipinski definition) is 7. The zero-order chi connectivity index (χ0) is 27.2. The van der Waals surface area contributed by atoms with Crippen LogP contribution in [-0.2, 0) is 26.0 Å². The number of nitrogens with one attached hydrogen (secondary N) is 1. The summed E-state index contributed by atoms with van der Waals surface area (Å²) >= 11 is -0.734. The number of carbonyl (C=O) groups excluding carboxylic acids is 1. The van der Waals surface area contributed by atoms with Gasteiger partial charge in [-0.05, 0) is 87.3 Å². The van der Waals surface area contributed by atoms with Gasteiger partial charge in [-0.15, -0.1) is 0 Å². The van der Waals surface area contributed by atoms with E-state index in [1.54, 1.807) is 13.1 Å². The van der Waals surface area contributed by atoms with Crippen molar-refractivity contribution < 1.29 is 17.8 Å². The quantitative estimate of drug-likeness (QED) is 0.178. The summed E-state index contributed by atoms with van der Waals surface area (Å²) in [5.41, 5.74) is 2.72. The van der Waals surface area contributed by atoms with Crippen molar-refractivity contribution in [3.63, 3.8) is 0 Å². The Morgan fingerprint density at radius 3 is 2.43 bits per heavy atom. The number of nitrogens with zero attached hydrogens (tertiary/aromatic N) is 3. The van der Waals surface area contributed by atoms with E-state index in [1.165, 1.54) is 14.7 Å². The number of aryl methyl sites for hydroxylation is 2. The van der Waals surface area contributed by atoms with Crippen LogP contribution in [0.5, 0.6) is 0 Å². The molecule has 1 saturated heterocycles. The highest BCUT2D eigenvalue weighted by Crippen LogP contribution is 2.32. The number of amides is 1. The number of hydrogen-bond donors (Lipinski definition) is 2. The SMILES string of the molecule is CCC[S+]([O-])CCCCCC1=NC2(CCN(S(=O)(=O)/C=C/c3c(C)cc(N(C)N)cc3C)CC2)C(=O)N1. The predicted octanol–water partition coefficient (Wildman–Crippen LogP) is 3.00. The molecule has 1 aromatic rings. The molecule has 1 aromatic carbocycles. The van der Waals surface area contributed by atoms with Crippen molar-refractivity contribution in [3.8, 4) is 0 Å². The molecule has 3 rings (SSSR count). The zero-order valence-corrected chi connectivity index (χ0v) is 24.1. The van der Waals surface area contributed by atoms with Gasteiger partial charge in [-0.3, -0.25) is 9.79 Å². The van der Waals surface area contributed by atoms with E-state index in [0.29, 0.717) is 25.1 Å². The highest BCUT2D eigenvalue weighted by molar-refractivity contribution is 7.92. The molecular weight excluding hydrogens is 510 g/mol. The average Bonchev–Trinajstić information content (AvgIpc) is 3.12. The standard InChI is InChI=1S/C26H41N5O4S2/c1-5-15-36(33)16-8-6-7-9-24-28-25(32)26(29-24)11-13-31(14-12-26)37(34,35)17-10-23-20(2)18-22(30(4)27)19-21(23)3/h10,17-19H,5-9,11-16,27H2,1-4H3,(H,28,29,32)/b17-10+. The van der Waals surface area contributed by atoms with Gasteiger partial charge in [0.1, 0.15) is 22.9 Å². The minimum absolute atomic E-state index is 0.129. The van der Waals surface area contributed by atoms with Gasteiger partial charge in [0.15, 0.2) is 0 Å². The Kier molecular flexibility index (Phi) is 10.2. The molecule has 0 aromatic heterocycles. The van der Waals surface area contributed by atoms with Crippen LogP contribution in [0.25, 0.3) is 6.08 Å². The van der Waals surface area contributed by atoms with Crippen molar-refractivity contribution in [1.82, 2.24) is 9.62 Å². The van der Waals surface area contributed by atoms with Gasteiger partial charge < -0.3 is 14.9 Å². The average molecular weight is 552 g/mol. The summed E-state index contributed by atoms with van der Waals surface area (Å²) in [5.74, 6) is 7.87. The first-order chi connectivity index (χ1) is 17.5. The van der Waals surface area contributed by atoms with E-state index in [-0.39, 0.29) is 19.0 Å². The van der Waals surface area contributed by atoms with Crippen LogP contribution in [0.1, 0.15) is 68.6 Å². The minimum atomic E-state index is -3.64. The lowest BCUT2D eigenvalue weighted by Crippen LogP contribution is -2.50. The van der Waals surface area contributed by atoms with Crippen molar-refractivity contribution in [2.24, 2.45) is 10.8 Å². The van der Waals surface area contributed by atoms with Crippen LogP contribution in [0.3, 0.4) is 0 Å². The van der Waals surface area contributed by atoms with Gasteiger partial charge >= 0.3 is 0 Å². The fourth-order valence-electron chi connectivity index (χ4n) is 4.87. The second-order valence-corrected chi connectivity index (χ2v) is 13.6. The smallest absolute Gasteiger partial charge is 0.253 e.